The van der Waals surface area contributed by atoms with Crippen LogP contribution in [0.3, 0.4) is 0 Å². The molecule has 6 nitrogen and oxygen atoms in total. The van der Waals surface area contributed by atoms with E-state index in [2.05, 4.69) is 18.9 Å². The second kappa shape index (κ2) is 27.7. The number of rotatable bonds is 30. The highest BCUT2D eigenvalue weighted by Gasteiger charge is 2.30. The molecule has 0 fully saturated rings. The normalized spacial score (nSPS) is 12.2. The van der Waals surface area contributed by atoms with Gasteiger partial charge in [-0.15, -0.1) is 0 Å². The first-order chi connectivity index (χ1) is 18.5. The maximum absolute atomic E-state index is 12.9. The Kier molecular flexibility index (Phi) is 27.1. The molecule has 1 atom stereocenters. The average molecular weight is 558 g/mol. The Morgan fingerprint density at radius 1 is 0.553 bits per heavy atom. The number of carbonyl (C=O) groups excluding carboxylic acids is 2. The van der Waals surface area contributed by atoms with Gasteiger partial charge in [0, 0.05) is 12.8 Å². The van der Waals surface area contributed by atoms with Crippen molar-refractivity contribution in [1.82, 2.24) is 5.09 Å². The van der Waals surface area contributed by atoms with Crippen LogP contribution in [0.25, 0.3) is 0 Å². The average Bonchev–Trinajstić information content (AvgIpc) is 2.90. The zero-order valence-electron chi connectivity index (χ0n) is 24.8. The lowest BCUT2D eigenvalue weighted by Gasteiger charge is -2.20. The number of carboxylic acid groups (broad SMARTS) is 1. The minimum absolute atomic E-state index is 0.177. The van der Waals surface area contributed by atoms with Crippen LogP contribution in [0.1, 0.15) is 168 Å². The molecule has 0 aromatic carbocycles. The van der Waals surface area contributed by atoms with E-state index in [1.165, 1.54) is 103 Å². The summed E-state index contributed by atoms with van der Waals surface area (Å²) in [5.41, 5.74) is -0.354. The van der Waals surface area contributed by atoms with Crippen LogP contribution in [0.5, 0.6) is 0 Å². The van der Waals surface area contributed by atoms with Crippen LogP contribution >= 0.6 is 8.07 Å². The van der Waals surface area contributed by atoms with E-state index in [0.717, 1.165) is 38.5 Å². The van der Waals surface area contributed by atoms with Gasteiger partial charge in [0.1, 0.15) is 14.1 Å². The molecule has 224 valence electrons. The van der Waals surface area contributed by atoms with Gasteiger partial charge in [-0.2, -0.15) is 0 Å². The zero-order chi connectivity index (χ0) is 28.3. The fourth-order valence-electron chi connectivity index (χ4n) is 4.72. The van der Waals surface area contributed by atoms with Crippen LogP contribution in [0.15, 0.2) is 0 Å². The van der Waals surface area contributed by atoms with Crippen molar-refractivity contribution in [1.29, 1.82) is 0 Å². The molecule has 0 aliphatic heterocycles. The molecule has 0 amide bonds. The first-order valence-electron chi connectivity index (χ1n) is 15.9. The van der Waals surface area contributed by atoms with E-state index in [-0.39, 0.29) is 11.0 Å². The van der Waals surface area contributed by atoms with E-state index in [4.69, 9.17) is 0 Å². The van der Waals surface area contributed by atoms with E-state index in [0.29, 0.717) is 12.8 Å². The highest BCUT2D eigenvalue weighted by Crippen LogP contribution is 2.38. The van der Waals surface area contributed by atoms with Crippen LogP contribution < -0.4 is 5.09 Å². The molecule has 0 aromatic heterocycles. The van der Waals surface area contributed by atoms with Gasteiger partial charge in [-0.25, -0.2) is 0 Å². The number of unbranched alkanes of at least 4 members (excludes halogenated alkanes) is 20. The summed E-state index contributed by atoms with van der Waals surface area (Å²) >= 11 is 0. The van der Waals surface area contributed by atoms with Crippen LogP contribution in [0.4, 0.5) is 0 Å². The molecule has 0 bridgehead atoms. The number of aliphatic carboxylic acids is 1. The Morgan fingerprint density at radius 3 is 1.11 bits per heavy atom. The zero-order valence-corrected chi connectivity index (χ0v) is 25.7. The third-order valence-electron chi connectivity index (χ3n) is 7.25. The Morgan fingerprint density at radius 2 is 0.842 bits per heavy atom. The maximum Gasteiger partial charge on any atom is 0.323 e. The summed E-state index contributed by atoms with van der Waals surface area (Å²) in [6.45, 7) is 3.83. The summed E-state index contributed by atoms with van der Waals surface area (Å²) in [5, 5.41) is 21.4. The highest BCUT2D eigenvalue weighted by molar-refractivity contribution is 7.87. The first kappa shape index (κ1) is 37.2. The van der Waals surface area contributed by atoms with E-state index >= 15 is 0 Å². The number of hydrogen-bond acceptors (Lipinski definition) is 5. The monoisotopic (exact) mass is 557 g/mol. The molecular weight excluding hydrogens is 497 g/mol. The van der Waals surface area contributed by atoms with Gasteiger partial charge < -0.3 is 10.2 Å². The lowest BCUT2D eigenvalue weighted by Crippen LogP contribution is -2.39. The summed E-state index contributed by atoms with van der Waals surface area (Å²) in [5.74, 6) is -1.23. The molecule has 0 aliphatic carbocycles. The second-order valence-electron chi connectivity index (χ2n) is 10.9. The van der Waals surface area contributed by atoms with Crippen molar-refractivity contribution in [2.45, 2.75) is 174 Å². The summed E-state index contributed by atoms with van der Waals surface area (Å²) in [6, 6.07) is -1.27. The van der Waals surface area contributed by atoms with Crippen LogP contribution in [0, 0.1) is 0 Å². The van der Waals surface area contributed by atoms with Crippen molar-refractivity contribution in [3.63, 3.8) is 0 Å². The van der Waals surface area contributed by atoms with Crippen molar-refractivity contribution >= 4 is 25.1 Å². The van der Waals surface area contributed by atoms with Gasteiger partial charge in [0.05, 0.1) is 6.61 Å². The Hall–Kier alpha value is -0.840. The Balaban J connectivity index is 4.24. The van der Waals surface area contributed by atoms with Crippen molar-refractivity contribution in [3.05, 3.63) is 0 Å². The third kappa shape index (κ3) is 22.0. The summed E-state index contributed by atoms with van der Waals surface area (Å²) < 4.78 is 0. The number of aliphatic hydroxyl groups excluding tert-OH is 1. The topological polar surface area (TPSA) is 104 Å². The van der Waals surface area contributed by atoms with Gasteiger partial charge in [-0.3, -0.25) is 19.5 Å². The molecule has 3 N–H and O–H groups in total. The SMILES string of the molecule is CCCCCCCCCCCCCC(=O)P(NC(CO)C(=O)O)C(=O)CCCCCCCCCCCCC. The molecule has 0 radical (unpaired) electrons. The molecule has 0 aromatic rings. The fourth-order valence-corrected chi connectivity index (χ4v) is 6.55. The van der Waals surface area contributed by atoms with Crippen molar-refractivity contribution < 1.29 is 24.6 Å². The predicted octanol–water partition coefficient (Wildman–Crippen LogP) is 8.87. The fraction of sp³-hybridized carbons (Fsp3) is 0.903. The summed E-state index contributed by atoms with van der Waals surface area (Å²) in [6.07, 6.45) is 26.8. The largest absolute Gasteiger partial charge is 0.480 e. The number of aliphatic hydroxyl groups is 1. The quantitative estimate of drug-likeness (QED) is 0.0602. The van der Waals surface area contributed by atoms with E-state index in [1.54, 1.807) is 0 Å². The lowest BCUT2D eigenvalue weighted by molar-refractivity contribution is -0.139. The van der Waals surface area contributed by atoms with Crippen LogP contribution in [-0.4, -0.2) is 39.9 Å². The third-order valence-corrected chi connectivity index (χ3v) is 9.27. The standard InChI is InChI=1S/C31H60NO5P/c1-3-5-7-9-11-13-15-17-19-21-23-25-29(34)38(32-28(27-33)31(36)37)30(35)26-24-22-20-18-16-14-12-10-8-6-4-2/h28,32-33H,3-27H2,1-2H3,(H,36,37). The molecule has 1 unspecified atom stereocenters. The summed E-state index contributed by atoms with van der Waals surface area (Å²) in [7, 11) is -1.91. The molecule has 0 saturated heterocycles. The molecule has 0 aliphatic rings. The molecule has 0 rings (SSSR count). The van der Waals surface area contributed by atoms with E-state index < -0.39 is 26.7 Å². The van der Waals surface area contributed by atoms with Gasteiger partial charge in [-0.1, -0.05) is 142 Å². The summed E-state index contributed by atoms with van der Waals surface area (Å²) in [4.78, 5) is 37.2. The predicted molar refractivity (Wildman–Crippen MR) is 161 cm³/mol. The highest BCUT2D eigenvalue weighted by atomic mass is 31.1. The van der Waals surface area contributed by atoms with Crippen molar-refractivity contribution in [2.75, 3.05) is 6.61 Å². The van der Waals surface area contributed by atoms with Crippen molar-refractivity contribution in [3.8, 4) is 0 Å². The Bertz CT molecular complexity index is 549. The molecule has 38 heavy (non-hydrogen) atoms. The smallest absolute Gasteiger partial charge is 0.323 e. The minimum atomic E-state index is -1.91. The van der Waals surface area contributed by atoms with Gasteiger partial charge in [0.25, 0.3) is 0 Å². The molecule has 0 saturated carbocycles. The van der Waals surface area contributed by atoms with E-state index in [9.17, 15) is 24.6 Å². The molecule has 7 heteroatoms. The number of hydrogen-bond donors (Lipinski definition) is 3. The maximum atomic E-state index is 12.9. The van der Waals surface area contributed by atoms with Crippen molar-refractivity contribution in [2.24, 2.45) is 0 Å². The first-order valence-corrected chi connectivity index (χ1v) is 17.3. The number of carboxylic acids is 1. The molecular formula is C31H60NO5P. The Labute approximate surface area is 235 Å². The number of carbonyl (C=O) groups is 3. The molecule has 0 spiro atoms. The van der Waals surface area contributed by atoms with Gasteiger partial charge in [-0.05, 0) is 12.8 Å². The van der Waals surface area contributed by atoms with Gasteiger partial charge in [0.2, 0.25) is 0 Å². The number of nitrogens with one attached hydrogen (secondary N) is 1. The second-order valence-corrected chi connectivity index (χ2v) is 12.8. The van der Waals surface area contributed by atoms with Gasteiger partial charge in [0.15, 0.2) is 11.0 Å². The van der Waals surface area contributed by atoms with Crippen LogP contribution in [0.2, 0.25) is 0 Å². The van der Waals surface area contributed by atoms with E-state index in [1.807, 2.05) is 0 Å². The minimum Gasteiger partial charge on any atom is -0.480 e. The van der Waals surface area contributed by atoms with Gasteiger partial charge >= 0.3 is 5.97 Å². The lowest BCUT2D eigenvalue weighted by atomic mass is 10.1. The van der Waals surface area contributed by atoms with Crippen LogP contribution in [-0.2, 0) is 14.4 Å². The molecule has 0 heterocycles.